The maximum absolute atomic E-state index is 13.0. The number of hydrogen-bond acceptors (Lipinski definition) is 2. The average Bonchev–Trinajstić information content (AvgIpc) is 3.06. The highest BCUT2D eigenvalue weighted by atomic mass is 16.2. The molecule has 0 aromatic carbocycles. The van der Waals surface area contributed by atoms with Gasteiger partial charge in [0, 0.05) is 0 Å². The van der Waals surface area contributed by atoms with Gasteiger partial charge in [-0.2, -0.15) is 0 Å². The molecule has 3 aliphatic rings. The van der Waals surface area contributed by atoms with Crippen LogP contribution in [0.2, 0.25) is 0 Å². The standard InChI is InChI=1S/C24H41NO2/c1-2-3-4-5-8-12-17-23(20-15-10-6-7-11-16-20)18-13-9-14-19-24(23)21(26)25-22(24)27/h20H,2-19H2,1H3,(H,25,26,27). The third-order valence-corrected chi connectivity index (χ3v) is 8.14. The molecule has 1 aliphatic heterocycles. The zero-order chi connectivity index (χ0) is 19.2. The molecule has 1 spiro atoms. The molecule has 1 unspecified atom stereocenters. The topological polar surface area (TPSA) is 46.2 Å². The lowest BCUT2D eigenvalue weighted by Crippen LogP contribution is -2.72. The predicted molar refractivity (Wildman–Crippen MR) is 110 cm³/mol. The summed E-state index contributed by atoms with van der Waals surface area (Å²) in [6, 6.07) is 0. The van der Waals surface area contributed by atoms with Gasteiger partial charge in [-0.1, -0.05) is 90.4 Å². The fourth-order valence-electron chi connectivity index (χ4n) is 6.65. The normalized spacial score (nSPS) is 29.1. The molecule has 3 nitrogen and oxygen atoms in total. The fourth-order valence-corrected chi connectivity index (χ4v) is 6.65. The van der Waals surface area contributed by atoms with E-state index in [0.717, 1.165) is 25.7 Å². The van der Waals surface area contributed by atoms with E-state index < -0.39 is 5.41 Å². The van der Waals surface area contributed by atoms with Crippen molar-refractivity contribution in [2.45, 2.75) is 122 Å². The third kappa shape index (κ3) is 3.98. The highest BCUT2D eigenvalue weighted by Gasteiger charge is 2.68. The molecular formula is C24H41NO2. The first-order valence-electron chi connectivity index (χ1n) is 12.0. The summed E-state index contributed by atoms with van der Waals surface area (Å²) < 4.78 is 0. The first-order valence-corrected chi connectivity index (χ1v) is 12.0. The number of nitrogens with one attached hydrogen (secondary N) is 1. The Kier molecular flexibility index (Phi) is 7.39. The molecule has 0 aromatic heterocycles. The number of rotatable bonds is 8. The van der Waals surface area contributed by atoms with Crippen LogP contribution in [0.3, 0.4) is 0 Å². The van der Waals surface area contributed by atoms with Crippen molar-refractivity contribution in [3.05, 3.63) is 0 Å². The molecule has 27 heavy (non-hydrogen) atoms. The molecule has 1 saturated heterocycles. The molecule has 3 heteroatoms. The van der Waals surface area contributed by atoms with Crippen molar-refractivity contribution in [1.82, 2.24) is 5.32 Å². The Hall–Kier alpha value is -0.860. The molecule has 3 fully saturated rings. The summed E-state index contributed by atoms with van der Waals surface area (Å²) in [4.78, 5) is 25.9. The van der Waals surface area contributed by atoms with Gasteiger partial charge in [0.25, 0.3) is 0 Å². The maximum Gasteiger partial charge on any atom is 0.242 e. The maximum atomic E-state index is 13.0. The monoisotopic (exact) mass is 375 g/mol. The lowest BCUT2D eigenvalue weighted by atomic mass is 9.48. The largest absolute Gasteiger partial charge is 0.295 e. The van der Waals surface area contributed by atoms with Gasteiger partial charge in [-0.05, 0) is 43.4 Å². The molecule has 2 saturated carbocycles. The number of carbonyl (C=O) groups excluding carboxylic acids is 2. The summed E-state index contributed by atoms with van der Waals surface area (Å²) in [5.41, 5.74) is -0.736. The predicted octanol–water partition coefficient (Wildman–Crippen LogP) is 6.30. The quantitative estimate of drug-likeness (QED) is 0.234. The van der Waals surface area contributed by atoms with Crippen molar-refractivity contribution in [3.8, 4) is 0 Å². The van der Waals surface area contributed by atoms with Crippen molar-refractivity contribution in [3.63, 3.8) is 0 Å². The van der Waals surface area contributed by atoms with Crippen LogP contribution in [-0.2, 0) is 9.59 Å². The lowest BCUT2D eigenvalue weighted by molar-refractivity contribution is -0.177. The van der Waals surface area contributed by atoms with Crippen molar-refractivity contribution in [1.29, 1.82) is 0 Å². The second-order valence-corrected chi connectivity index (χ2v) is 9.61. The van der Waals surface area contributed by atoms with Gasteiger partial charge in [-0.15, -0.1) is 0 Å². The first-order chi connectivity index (χ1) is 13.2. The van der Waals surface area contributed by atoms with Crippen molar-refractivity contribution in [2.24, 2.45) is 16.7 Å². The summed E-state index contributed by atoms with van der Waals surface area (Å²) >= 11 is 0. The van der Waals surface area contributed by atoms with Crippen molar-refractivity contribution >= 4 is 11.8 Å². The Balaban J connectivity index is 1.82. The third-order valence-electron chi connectivity index (χ3n) is 8.14. The number of amides is 2. The van der Waals surface area contributed by atoms with E-state index in [1.807, 2.05) is 0 Å². The highest BCUT2D eigenvalue weighted by Crippen LogP contribution is 2.62. The molecule has 0 bridgehead atoms. The molecule has 1 N–H and O–H groups in total. The Labute approximate surface area is 166 Å². The summed E-state index contributed by atoms with van der Waals surface area (Å²) in [6.45, 7) is 2.26. The molecular weight excluding hydrogens is 334 g/mol. The van der Waals surface area contributed by atoms with Gasteiger partial charge < -0.3 is 0 Å². The average molecular weight is 376 g/mol. The van der Waals surface area contributed by atoms with Crippen molar-refractivity contribution < 1.29 is 9.59 Å². The molecule has 0 radical (unpaired) electrons. The van der Waals surface area contributed by atoms with E-state index >= 15 is 0 Å². The second kappa shape index (κ2) is 9.56. The van der Waals surface area contributed by atoms with Crippen LogP contribution in [-0.4, -0.2) is 11.8 Å². The van der Waals surface area contributed by atoms with E-state index in [2.05, 4.69) is 12.2 Å². The number of unbranched alkanes of at least 4 members (excludes halogenated alkanes) is 5. The SMILES string of the molecule is CCCCCCCCC1(C2CCCCCC2)CCCCCC12C(=O)NC2=O. The van der Waals surface area contributed by atoms with Crippen LogP contribution < -0.4 is 5.32 Å². The Morgan fingerprint density at radius 3 is 2.04 bits per heavy atom. The Bertz CT molecular complexity index is 493. The van der Waals surface area contributed by atoms with E-state index in [1.54, 1.807) is 0 Å². The van der Waals surface area contributed by atoms with Gasteiger partial charge in [0.15, 0.2) is 0 Å². The second-order valence-electron chi connectivity index (χ2n) is 9.61. The van der Waals surface area contributed by atoms with Gasteiger partial charge in [0.05, 0.1) is 0 Å². The van der Waals surface area contributed by atoms with Gasteiger partial charge in [0.1, 0.15) is 5.41 Å². The smallest absolute Gasteiger partial charge is 0.242 e. The summed E-state index contributed by atoms with van der Waals surface area (Å²) in [6.07, 6.45) is 21.9. The van der Waals surface area contributed by atoms with Gasteiger partial charge in [0.2, 0.25) is 11.8 Å². The number of hydrogen-bond donors (Lipinski definition) is 1. The number of imide groups is 1. The zero-order valence-electron chi connectivity index (χ0n) is 17.6. The van der Waals surface area contributed by atoms with E-state index in [0.29, 0.717) is 5.92 Å². The lowest BCUT2D eigenvalue weighted by Gasteiger charge is -2.56. The van der Waals surface area contributed by atoms with Gasteiger partial charge in [-0.3, -0.25) is 14.9 Å². The molecule has 3 rings (SSSR count). The summed E-state index contributed by atoms with van der Waals surface area (Å²) in [5, 5.41) is 2.64. The highest BCUT2D eigenvalue weighted by molar-refractivity contribution is 6.22. The molecule has 0 aromatic rings. The van der Waals surface area contributed by atoms with Crippen molar-refractivity contribution in [2.75, 3.05) is 0 Å². The Morgan fingerprint density at radius 1 is 0.778 bits per heavy atom. The molecule has 2 amide bonds. The van der Waals surface area contributed by atoms with E-state index in [-0.39, 0.29) is 17.2 Å². The van der Waals surface area contributed by atoms with E-state index in [9.17, 15) is 9.59 Å². The fraction of sp³-hybridized carbons (Fsp3) is 0.917. The minimum absolute atomic E-state index is 0.0575. The summed E-state index contributed by atoms with van der Waals surface area (Å²) in [5.74, 6) is 0.720. The van der Waals surface area contributed by atoms with E-state index in [4.69, 9.17) is 0 Å². The number of β-lactam (4-membered cyclic amide) rings is 2. The zero-order valence-corrected chi connectivity index (χ0v) is 17.6. The first kappa shape index (κ1) is 20.9. The summed E-state index contributed by atoms with van der Waals surface area (Å²) in [7, 11) is 0. The van der Waals surface area contributed by atoms with Crippen LogP contribution in [0, 0.1) is 16.7 Å². The van der Waals surface area contributed by atoms with E-state index in [1.165, 1.54) is 89.9 Å². The Morgan fingerprint density at radius 2 is 1.37 bits per heavy atom. The van der Waals surface area contributed by atoms with Gasteiger partial charge >= 0.3 is 0 Å². The minimum atomic E-state index is -0.679. The number of carbonyl (C=O) groups is 2. The van der Waals surface area contributed by atoms with Gasteiger partial charge in [-0.25, -0.2) is 0 Å². The van der Waals surface area contributed by atoms with Crippen LogP contribution in [0.25, 0.3) is 0 Å². The van der Waals surface area contributed by atoms with Crippen LogP contribution in [0.5, 0.6) is 0 Å². The minimum Gasteiger partial charge on any atom is -0.295 e. The molecule has 154 valence electrons. The van der Waals surface area contributed by atoms with Crippen LogP contribution in [0.4, 0.5) is 0 Å². The molecule has 1 heterocycles. The van der Waals surface area contributed by atoms with Crippen LogP contribution in [0.15, 0.2) is 0 Å². The van der Waals surface area contributed by atoms with Crippen LogP contribution >= 0.6 is 0 Å². The van der Waals surface area contributed by atoms with Crippen LogP contribution in [0.1, 0.15) is 122 Å². The molecule has 1 atom stereocenters. The molecule has 2 aliphatic carbocycles.